The highest BCUT2D eigenvalue weighted by Crippen LogP contribution is 2.53. The molecule has 4 amide bonds. The van der Waals surface area contributed by atoms with Crippen molar-refractivity contribution in [1.29, 1.82) is 0 Å². The normalized spacial score (nSPS) is 24.3. The zero-order valence-corrected chi connectivity index (χ0v) is 69.2. The fourth-order valence-corrected chi connectivity index (χ4v) is 14.3. The molecule has 0 aromatic heterocycles. The Hall–Kier alpha value is -7.75. The molecule has 0 aliphatic carbocycles. The fourth-order valence-electron chi connectivity index (χ4n) is 11.4. The van der Waals surface area contributed by atoms with Gasteiger partial charge in [-0.3, -0.25) is 74.8 Å². The Kier molecular flexibility index (Phi) is 43.3. The monoisotopic (exact) mass is 1680 g/mol. The number of nitrogens with one attached hydrogen (secondary N) is 4. The lowest BCUT2D eigenvalue weighted by molar-refractivity contribution is -0.277. The fraction of sp³-hybridized carbons (Fsp3) is 0.611. The number of rotatable bonds is 40. The van der Waals surface area contributed by atoms with Crippen LogP contribution in [0.25, 0.3) is 0 Å². The number of carbonyl (C=O) groups is 10. The quantitative estimate of drug-likeness (QED) is 0.0171. The van der Waals surface area contributed by atoms with Crippen LogP contribution in [-0.2, 0) is 160 Å². The molecule has 17 atom stereocenters. The number of benzene rings is 3. The number of phosphoric ester groups is 3. The SMILES string of the molecule is CC(=O)N[C@@H]1[C@@H](OP(=O)(O)OC[C@H]2O[C@H](OCCNC(=O)OCc3ccccc3)[C@@H](NC(C)=O)[C@@H](OC(C)=O)[C@@H]2OC(C)=O)O[C@H](COP(=O)(O)O[C@H]2O[C@H](COP(=O)(OCc3ccccc3)OCc3ccccc3)[C@@H](OC(C)=O)[C@H](OC(C)=O)[C@@H]2NC(C)=O)[C@@H](OC(C)=O)[C@@H]1OC(C)=O.CCN(CC)CC.CCN(CC)CC. The van der Waals surface area contributed by atoms with Crippen LogP contribution in [0.4, 0.5) is 4.79 Å². The van der Waals surface area contributed by atoms with Gasteiger partial charge < -0.3 is 93.0 Å². The maximum atomic E-state index is 14.5. The Morgan fingerprint density at radius 1 is 0.386 bits per heavy atom. The summed E-state index contributed by atoms with van der Waals surface area (Å²) < 4.78 is 145. The molecular formula is C72H109N6O33P3. The van der Waals surface area contributed by atoms with Crippen LogP contribution < -0.4 is 21.3 Å². The second-order valence-corrected chi connectivity index (χ2v) is 29.8. The number of hydrogen-bond acceptors (Lipinski definition) is 33. The summed E-state index contributed by atoms with van der Waals surface area (Å²) in [6.45, 7) is 23.7. The largest absolute Gasteiger partial charge is 0.475 e. The number of hydrogen-bond donors (Lipinski definition) is 6. The van der Waals surface area contributed by atoms with E-state index in [2.05, 4.69) is 72.6 Å². The third-order valence-corrected chi connectivity index (χ3v) is 19.8. The van der Waals surface area contributed by atoms with Crippen molar-refractivity contribution in [2.45, 2.75) is 216 Å². The molecule has 0 bridgehead atoms. The van der Waals surface area contributed by atoms with Gasteiger partial charge in [0, 0.05) is 68.9 Å². The first kappa shape index (κ1) is 98.6. The molecule has 6 N–H and O–H groups in total. The summed E-state index contributed by atoms with van der Waals surface area (Å²) in [5.74, 6) is -9.10. The van der Waals surface area contributed by atoms with Gasteiger partial charge in [-0.05, 0) is 56.0 Å². The minimum atomic E-state index is -5.87. The average Bonchev–Trinajstić information content (AvgIpc) is 0.785. The van der Waals surface area contributed by atoms with Crippen molar-refractivity contribution in [2.75, 3.05) is 72.2 Å². The zero-order chi connectivity index (χ0) is 84.9. The van der Waals surface area contributed by atoms with Crippen LogP contribution in [0.3, 0.4) is 0 Å². The average molecular weight is 1680 g/mol. The Balaban J connectivity index is 0.00000178. The van der Waals surface area contributed by atoms with Crippen LogP contribution in [-0.4, -0.2) is 243 Å². The van der Waals surface area contributed by atoms with E-state index in [0.29, 0.717) is 16.7 Å². The van der Waals surface area contributed by atoms with E-state index in [1.165, 1.54) is 39.3 Å². The number of esters is 6. The lowest BCUT2D eigenvalue weighted by atomic mass is 9.96. The Labute approximate surface area is 662 Å². The van der Waals surface area contributed by atoms with Crippen LogP contribution in [0.5, 0.6) is 0 Å². The smallest absolute Gasteiger partial charge is 0.456 e. The zero-order valence-electron chi connectivity index (χ0n) is 66.5. The summed E-state index contributed by atoms with van der Waals surface area (Å²) in [6.07, 6.45) is -24.4. The lowest BCUT2D eigenvalue weighted by Gasteiger charge is -2.46. The van der Waals surface area contributed by atoms with Gasteiger partial charge in [-0.2, -0.15) is 0 Å². The van der Waals surface area contributed by atoms with E-state index in [9.17, 15) is 71.4 Å². The van der Waals surface area contributed by atoms with Crippen LogP contribution in [0.1, 0.15) is 121 Å². The molecule has 42 heteroatoms. The molecule has 3 aromatic carbocycles. The van der Waals surface area contributed by atoms with Gasteiger partial charge in [0.25, 0.3) is 0 Å². The van der Waals surface area contributed by atoms with Crippen LogP contribution in [0, 0.1) is 0 Å². The van der Waals surface area contributed by atoms with Gasteiger partial charge in [0.15, 0.2) is 55.5 Å². The van der Waals surface area contributed by atoms with E-state index in [1.54, 1.807) is 91.0 Å². The van der Waals surface area contributed by atoms with Crippen molar-refractivity contribution in [3.8, 4) is 0 Å². The summed E-state index contributed by atoms with van der Waals surface area (Å²) >= 11 is 0. The summed E-state index contributed by atoms with van der Waals surface area (Å²) in [7, 11) is -16.4. The predicted octanol–water partition coefficient (Wildman–Crippen LogP) is 5.73. The summed E-state index contributed by atoms with van der Waals surface area (Å²) in [5.41, 5.74) is 1.71. The number of nitrogens with zero attached hydrogens (tertiary/aromatic N) is 2. The maximum absolute atomic E-state index is 14.5. The molecule has 3 saturated heterocycles. The van der Waals surface area contributed by atoms with Crippen LogP contribution in [0.2, 0.25) is 0 Å². The molecule has 640 valence electrons. The lowest BCUT2D eigenvalue weighted by Crippen LogP contribution is -2.67. The van der Waals surface area contributed by atoms with Gasteiger partial charge in [-0.15, -0.1) is 0 Å². The topological polar surface area (TPSA) is 483 Å². The van der Waals surface area contributed by atoms with E-state index in [1.807, 2.05) is 0 Å². The van der Waals surface area contributed by atoms with E-state index in [4.69, 9.17) is 83.8 Å². The Morgan fingerprint density at radius 2 is 0.667 bits per heavy atom. The molecule has 0 saturated carbocycles. The predicted molar refractivity (Wildman–Crippen MR) is 399 cm³/mol. The van der Waals surface area contributed by atoms with Crippen molar-refractivity contribution < 1.29 is 155 Å². The molecule has 3 aliphatic heterocycles. The molecule has 3 heterocycles. The highest BCUT2D eigenvalue weighted by Gasteiger charge is 2.57. The van der Waals surface area contributed by atoms with E-state index in [-0.39, 0.29) is 26.4 Å². The van der Waals surface area contributed by atoms with Gasteiger partial charge in [-0.1, -0.05) is 133 Å². The minimum Gasteiger partial charge on any atom is -0.456 e. The maximum Gasteiger partial charge on any atom is 0.475 e. The molecule has 114 heavy (non-hydrogen) atoms. The van der Waals surface area contributed by atoms with Crippen molar-refractivity contribution in [1.82, 2.24) is 31.1 Å². The third-order valence-electron chi connectivity index (χ3n) is 16.5. The standard InChI is InChI=1S/C60H79N4O33P3.2C6H15N/c1-33(65)62-48-54(90-39(7)71)51(87-36(4)68)45(93-57(48)80-26-25-61-60(74)81-27-42-19-13-10-14-20-42)30-82-98(75,76)96-58-49(63-34(2)66)55(91-40(8)72)52(88-37(5)69)46(94-58)31-83-99(77,78)97-59-50(64-35(3)67)56(92-41(9)73)53(89-38(6)70)47(95-59)32-86-100(79,84-28-43-21-15-11-16-22-43)85-29-44-23-17-12-18-24-44;2*1-4-7(5-2)6-3/h10-24,45-59H,25-32H2,1-9H3,(H,61,74)(H,62,65)(H,63,66)(H,64,67)(H,75,76)(H,77,78);2*4-6H2,1-3H3/t45-,46-,47-,48+,49+,50+,51-,52-,53-,54-,55-,56-,57+,58-,59-;;/m1../s1. The van der Waals surface area contributed by atoms with Gasteiger partial charge in [0.05, 0.1) is 39.6 Å². The van der Waals surface area contributed by atoms with Crippen LogP contribution >= 0.6 is 23.5 Å². The van der Waals surface area contributed by atoms with Gasteiger partial charge in [0.1, 0.15) is 43.0 Å². The molecular weight excluding hydrogens is 1570 g/mol. The number of ether oxygens (including phenoxy) is 11. The highest BCUT2D eigenvalue weighted by atomic mass is 31.2. The molecule has 0 spiro atoms. The summed E-state index contributed by atoms with van der Waals surface area (Å²) in [5, 5.41) is 9.60. The van der Waals surface area contributed by atoms with Crippen molar-refractivity contribution in [3.05, 3.63) is 108 Å². The third kappa shape index (κ3) is 35.8. The second kappa shape index (κ2) is 50.0. The van der Waals surface area contributed by atoms with Crippen molar-refractivity contribution >= 4 is 83.1 Å². The molecule has 0 radical (unpaired) electrons. The minimum absolute atomic E-state index is 0.0916. The van der Waals surface area contributed by atoms with Crippen molar-refractivity contribution in [2.24, 2.45) is 0 Å². The molecule has 2 unspecified atom stereocenters. The summed E-state index contributed by atoms with van der Waals surface area (Å²) in [6, 6.07) is 20.0. The number of carbonyl (C=O) groups excluding carboxylic acids is 10. The Morgan fingerprint density at radius 3 is 0.956 bits per heavy atom. The van der Waals surface area contributed by atoms with Gasteiger partial charge in [0.2, 0.25) is 17.7 Å². The first-order valence-corrected chi connectivity index (χ1v) is 41.1. The molecule has 6 rings (SSSR count). The molecule has 3 aromatic rings. The second-order valence-electron chi connectivity index (χ2n) is 25.4. The number of phosphoric acid groups is 3. The van der Waals surface area contributed by atoms with E-state index in [0.717, 1.165) is 62.3 Å². The molecule has 3 fully saturated rings. The Bertz CT molecular complexity index is 3590. The van der Waals surface area contributed by atoms with Gasteiger partial charge >= 0.3 is 65.4 Å². The van der Waals surface area contributed by atoms with Crippen molar-refractivity contribution in [3.63, 3.8) is 0 Å². The summed E-state index contributed by atoms with van der Waals surface area (Å²) in [4.78, 5) is 156. The van der Waals surface area contributed by atoms with Crippen LogP contribution in [0.15, 0.2) is 91.0 Å². The van der Waals surface area contributed by atoms with Gasteiger partial charge in [-0.25, -0.2) is 18.5 Å². The van der Waals surface area contributed by atoms with E-state index >= 15 is 0 Å². The highest BCUT2D eigenvalue weighted by molar-refractivity contribution is 7.48. The number of amides is 4. The molecule has 3 aliphatic rings. The van der Waals surface area contributed by atoms with E-state index < -0.39 is 201 Å². The molecule has 39 nitrogen and oxygen atoms in total. The first-order valence-electron chi connectivity index (χ1n) is 36.6. The number of alkyl carbamates (subject to hydrolysis) is 1. The first-order chi connectivity index (χ1) is 53.9.